The van der Waals surface area contributed by atoms with E-state index in [-0.39, 0.29) is 10.7 Å². The molecule has 8 heteroatoms. The Morgan fingerprint density at radius 3 is 2.45 bits per heavy atom. The van der Waals surface area contributed by atoms with Gasteiger partial charge >= 0.3 is 0 Å². The molecule has 0 heterocycles. The summed E-state index contributed by atoms with van der Waals surface area (Å²) in [5, 5.41) is 4.93. The second-order valence-corrected chi connectivity index (χ2v) is 8.84. The first-order valence-electron chi connectivity index (χ1n) is 8.84. The molecule has 0 bridgehead atoms. The molecule has 1 atom stereocenters. The molecule has 152 valence electrons. The summed E-state index contributed by atoms with van der Waals surface area (Å²) in [6.07, 6.45) is 1.05. The molecule has 6 nitrogen and oxygen atoms in total. The monoisotopic (exact) mass is 432 g/mol. The third-order valence-corrected chi connectivity index (χ3v) is 6.06. The Labute approximate surface area is 175 Å². The topological polar surface area (TPSA) is 75.7 Å². The van der Waals surface area contributed by atoms with Gasteiger partial charge in [0.1, 0.15) is 11.8 Å². The number of ether oxygens (including phenoxy) is 1. The largest absolute Gasteiger partial charge is 0.495 e. The lowest BCUT2D eigenvalue weighted by atomic mass is 10.1. The van der Waals surface area contributed by atoms with Crippen LogP contribution < -0.4 is 14.4 Å². The third kappa shape index (κ3) is 4.46. The number of anilines is 2. The molecule has 0 unspecified atom stereocenters. The van der Waals surface area contributed by atoms with Gasteiger partial charge < -0.3 is 10.1 Å². The molecule has 0 aliphatic carbocycles. The quantitative estimate of drug-likeness (QED) is 0.630. The highest BCUT2D eigenvalue weighted by atomic mass is 35.5. The number of hydrogen-bond acceptors (Lipinski definition) is 4. The number of nitrogens with zero attached hydrogens (tertiary/aromatic N) is 1. The summed E-state index contributed by atoms with van der Waals surface area (Å²) >= 11 is 6.16. The molecule has 0 radical (unpaired) electrons. The van der Waals surface area contributed by atoms with Crippen molar-refractivity contribution in [3.05, 3.63) is 65.7 Å². The Morgan fingerprint density at radius 1 is 1.10 bits per heavy atom. The van der Waals surface area contributed by atoms with E-state index in [1.807, 2.05) is 36.4 Å². The number of sulfonamides is 1. The molecule has 0 aliphatic rings. The number of fused-ring (bicyclic) bond motifs is 1. The minimum absolute atomic E-state index is 0.250. The maximum Gasteiger partial charge on any atom is 0.248 e. The Morgan fingerprint density at radius 2 is 1.79 bits per heavy atom. The van der Waals surface area contributed by atoms with E-state index in [9.17, 15) is 13.2 Å². The van der Waals surface area contributed by atoms with Crippen molar-refractivity contribution in [3.8, 4) is 5.75 Å². The molecule has 0 aliphatic heterocycles. The van der Waals surface area contributed by atoms with E-state index in [1.54, 1.807) is 18.2 Å². The van der Waals surface area contributed by atoms with Crippen molar-refractivity contribution in [2.24, 2.45) is 0 Å². The number of methoxy groups -OCH3 is 1. The Hall–Kier alpha value is -2.77. The minimum atomic E-state index is -3.76. The van der Waals surface area contributed by atoms with E-state index in [0.717, 1.165) is 21.3 Å². The molecular formula is C21H21ClN2O4S. The second kappa shape index (κ2) is 8.31. The van der Waals surface area contributed by atoms with Crippen LogP contribution in [0.2, 0.25) is 5.02 Å². The molecule has 0 fully saturated rings. The van der Waals surface area contributed by atoms with Crippen LogP contribution >= 0.6 is 11.6 Å². The highest BCUT2D eigenvalue weighted by Gasteiger charge is 2.30. The molecular weight excluding hydrogens is 412 g/mol. The molecule has 0 aromatic heterocycles. The van der Waals surface area contributed by atoms with E-state index >= 15 is 0 Å². The molecule has 1 N–H and O–H groups in total. The zero-order valence-electron chi connectivity index (χ0n) is 16.2. The number of halogens is 1. The van der Waals surface area contributed by atoms with Crippen LogP contribution in [0.5, 0.6) is 5.75 Å². The summed E-state index contributed by atoms with van der Waals surface area (Å²) < 4.78 is 31.1. The SMILES string of the molecule is COc1ccc(N([C@@H](C)C(=O)Nc2cccc3ccccc23)S(C)(=O)=O)cc1Cl. The second-order valence-electron chi connectivity index (χ2n) is 6.57. The van der Waals surface area contributed by atoms with Crippen molar-refractivity contribution in [3.63, 3.8) is 0 Å². The fraction of sp³-hybridized carbons (Fsp3) is 0.190. The Bertz CT molecular complexity index is 1160. The standard InChI is InChI=1S/C21H21ClN2O4S/c1-14(21(25)23-19-10-6-8-15-7-4-5-9-17(15)19)24(29(3,26)27)16-11-12-20(28-2)18(22)13-16/h4-14H,1-3H3,(H,23,25)/t14-/m0/s1. The van der Waals surface area contributed by atoms with Crippen molar-refractivity contribution < 1.29 is 17.9 Å². The van der Waals surface area contributed by atoms with Crippen LogP contribution in [0.1, 0.15) is 6.92 Å². The summed E-state index contributed by atoms with van der Waals surface area (Å²) in [7, 11) is -2.29. The van der Waals surface area contributed by atoms with Gasteiger partial charge in [-0.05, 0) is 36.6 Å². The summed E-state index contributed by atoms with van der Waals surface area (Å²) in [5.41, 5.74) is 0.889. The van der Waals surface area contributed by atoms with Crippen molar-refractivity contribution >= 4 is 49.7 Å². The summed E-state index contributed by atoms with van der Waals surface area (Å²) in [4.78, 5) is 13.0. The normalized spacial score (nSPS) is 12.4. The van der Waals surface area contributed by atoms with Crippen LogP contribution in [0, 0.1) is 0 Å². The van der Waals surface area contributed by atoms with Gasteiger partial charge in [-0.25, -0.2) is 8.42 Å². The average Bonchev–Trinajstić information content (AvgIpc) is 2.67. The van der Waals surface area contributed by atoms with Crippen molar-refractivity contribution in [2.45, 2.75) is 13.0 Å². The van der Waals surface area contributed by atoms with Crippen LogP contribution in [0.4, 0.5) is 11.4 Å². The molecule has 3 aromatic carbocycles. The van der Waals surface area contributed by atoms with Crippen molar-refractivity contribution in [1.82, 2.24) is 0 Å². The van der Waals surface area contributed by atoms with Gasteiger partial charge in [0.15, 0.2) is 0 Å². The smallest absolute Gasteiger partial charge is 0.248 e. The maximum absolute atomic E-state index is 13.0. The highest BCUT2D eigenvalue weighted by molar-refractivity contribution is 7.92. The van der Waals surface area contributed by atoms with E-state index in [0.29, 0.717) is 11.4 Å². The molecule has 29 heavy (non-hydrogen) atoms. The number of carbonyl (C=O) groups excluding carboxylic acids is 1. The van der Waals surface area contributed by atoms with Gasteiger partial charge in [0.2, 0.25) is 15.9 Å². The summed E-state index contributed by atoms with van der Waals surface area (Å²) in [5.74, 6) is -0.0459. The lowest BCUT2D eigenvalue weighted by Crippen LogP contribution is -2.45. The summed E-state index contributed by atoms with van der Waals surface area (Å²) in [6, 6.07) is 16.7. The first kappa shape index (κ1) is 21.0. The third-order valence-electron chi connectivity index (χ3n) is 4.53. The van der Waals surface area contributed by atoms with E-state index in [4.69, 9.17) is 16.3 Å². The fourth-order valence-electron chi connectivity index (χ4n) is 3.17. The number of rotatable bonds is 6. The van der Waals surface area contributed by atoms with Gasteiger partial charge in [0, 0.05) is 11.1 Å². The van der Waals surface area contributed by atoms with Gasteiger partial charge in [0.25, 0.3) is 0 Å². The predicted molar refractivity (Wildman–Crippen MR) is 117 cm³/mol. The molecule has 0 saturated carbocycles. The number of hydrogen-bond donors (Lipinski definition) is 1. The lowest BCUT2D eigenvalue weighted by Gasteiger charge is -2.28. The molecule has 0 spiro atoms. The van der Waals surface area contributed by atoms with Crippen LogP contribution in [0.15, 0.2) is 60.7 Å². The number of amides is 1. The zero-order valence-corrected chi connectivity index (χ0v) is 17.8. The van der Waals surface area contributed by atoms with Crippen LogP contribution in [-0.2, 0) is 14.8 Å². The molecule has 0 saturated heterocycles. The zero-order chi connectivity index (χ0) is 21.2. The van der Waals surface area contributed by atoms with E-state index in [2.05, 4.69) is 5.32 Å². The molecule has 3 aromatic rings. The number of benzene rings is 3. The fourth-order valence-corrected chi connectivity index (χ4v) is 4.59. The van der Waals surface area contributed by atoms with Gasteiger partial charge in [-0.15, -0.1) is 0 Å². The molecule has 1 amide bonds. The van der Waals surface area contributed by atoms with Gasteiger partial charge in [-0.1, -0.05) is 48.0 Å². The maximum atomic E-state index is 13.0. The number of carbonyl (C=O) groups is 1. The van der Waals surface area contributed by atoms with E-state index in [1.165, 1.54) is 20.1 Å². The predicted octanol–water partition coefficient (Wildman–Crippen LogP) is 4.30. The first-order valence-corrected chi connectivity index (χ1v) is 11.1. The molecule has 3 rings (SSSR count). The Balaban J connectivity index is 1.95. The van der Waals surface area contributed by atoms with Gasteiger partial charge in [0.05, 0.1) is 24.1 Å². The first-order chi connectivity index (χ1) is 13.7. The van der Waals surface area contributed by atoms with Crippen LogP contribution in [-0.4, -0.2) is 33.7 Å². The number of nitrogens with one attached hydrogen (secondary N) is 1. The van der Waals surface area contributed by atoms with E-state index < -0.39 is 22.0 Å². The van der Waals surface area contributed by atoms with Crippen molar-refractivity contribution in [2.75, 3.05) is 23.0 Å². The highest BCUT2D eigenvalue weighted by Crippen LogP contribution is 2.31. The minimum Gasteiger partial charge on any atom is -0.495 e. The van der Waals surface area contributed by atoms with Gasteiger partial charge in [-0.2, -0.15) is 0 Å². The van der Waals surface area contributed by atoms with Gasteiger partial charge in [-0.3, -0.25) is 9.10 Å². The van der Waals surface area contributed by atoms with Crippen molar-refractivity contribution in [1.29, 1.82) is 0 Å². The average molecular weight is 433 g/mol. The summed E-state index contributed by atoms with van der Waals surface area (Å²) in [6.45, 7) is 1.53. The van der Waals surface area contributed by atoms with Crippen LogP contribution in [0.3, 0.4) is 0 Å². The lowest BCUT2D eigenvalue weighted by molar-refractivity contribution is -0.116. The Kier molecular flexibility index (Phi) is 6.00. The van der Waals surface area contributed by atoms with Crippen LogP contribution in [0.25, 0.3) is 10.8 Å².